The fourth-order valence-electron chi connectivity index (χ4n) is 4.64. The molecule has 0 unspecified atom stereocenters. The van der Waals surface area contributed by atoms with Gasteiger partial charge in [0.2, 0.25) is 5.91 Å². The molecule has 1 aromatic carbocycles. The molecule has 0 radical (unpaired) electrons. The molecule has 1 amide bonds. The highest BCUT2D eigenvalue weighted by atomic mass is 16.5. The predicted molar refractivity (Wildman–Crippen MR) is 88.6 cm³/mol. The molecule has 0 spiro atoms. The van der Waals surface area contributed by atoms with E-state index in [0.717, 1.165) is 6.42 Å². The Hall–Kier alpha value is -2.30. The summed E-state index contributed by atoms with van der Waals surface area (Å²) in [6.07, 6.45) is 5.14. The van der Waals surface area contributed by atoms with Crippen molar-refractivity contribution < 1.29 is 19.4 Å². The number of hydrogen-bond donors (Lipinski definition) is 2. The third-order valence-corrected chi connectivity index (χ3v) is 5.68. The van der Waals surface area contributed by atoms with Crippen LogP contribution in [0.4, 0.5) is 5.69 Å². The van der Waals surface area contributed by atoms with Crippen LogP contribution in [0.15, 0.2) is 36.4 Å². The van der Waals surface area contributed by atoms with Gasteiger partial charge in [-0.1, -0.05) is 24.3 Å². The summed E-state index contributed by atoms with van der Waals surface area (Å²) in [5, 5.41) is 12.6. The highest BCUT2D eigenvalue weighted by Gasteiger charge is 2.63. The smallest absolute Gasteiger partial charge is 0.307 e. The lowest BCUT2D eigenvalue weighted by Crippen LogP contribution is -2.48. The van der Waals surface area contributed by atoms with E-state index >= 15 is 0 Å². The van der Waals surface area contributed by atoms with Gasteiger partial charge < -0.3 is 15.2 Å². The van der Waals surface area contributed by atoms with Gasteiger partial charge in [0.25, 0.3) is 0 Å². The minimum atomic E-state index is -0.863. The fourth-order valence-corrected chi connectivity index (χ4v) is 4.64. The molecule has 4 aliphatic carbocycles. The van der Waals surface area contributed by atoms with Crippen LogP contribution in [0, 0.1) is 35.5 Å². The summed E-state index contributed by atoms with van der Waals surface area (Å²) in [7, 11) is 0. The number of rotatable bonds is 5. The van der Waals surface area contributed by atoms with E-state index < -0.39 is 17.8 Å². The third kappa shape index (κ3) is 2.30. The average Bonchev–Trinajstić information content (AvgIpc) is 3.38. The standard InChI is InChI=1S/C19H21NO4/c1-2-24-15-6-4-3-5-14(15)20-18(21)16-10-7-8-11(13-9-12(10)13)17(16)19(22)23/h3-8,10-13,16-17H,2,9H2,1H3,(H,20,21)(H,22,23)/t10-,11-,12-,13-,16+,17-/m0/s1. The first-order chi connectivity index (χ1) is 11.6. The van der Waals surface area contributed by atoms with Gasteiger partial charge in [0.15, 0.2) is 0 Å². The molecule has 5 nitrogen and oxygen atoms in total. The van der Waals surface area contributed by atoms with E-state index in [1.807, 2.05) is 25.1 Å². The van der Waals surface area contributed by atoms with Gasteiger partial charge in [0.05, 0.1) is 24.1 Å². The van der Waals surface area contributed by atoms with Crippen molar-refractivity contribution in [1.29, 1.82) is 0 Å². The average molecular weight is 327 g/mol. The van der Waals surface area contributed by atoms with E-state index in [0.29, 0.717) is 29.9 Å². The van der Waals surface area contributed by atoms with Gasteiger partial charge in [-0.15, -0.1) is 0 Å². The topological polar surface area (TPSA) is 75.6 Å². The summed E-state index contributed by atoms with van der Waals surface area (Å²) in [5.41, 5.74) is 0.603. The summed E-state index contributed by atoms with van der Waals surface area (Å²) in [6.45, 7) is 2.39. The van der Waals surface area contributed by atoms with Crippen molar-refractivity contribution in [2.75, 3.05) is 11.9 Å². The number of hydrogen-bond acceptors (Lipinski definition) is 3. The second-order valence-corrected chi connectivity index (χ2v) is 6.91. The second kappa shape index (κ2) is 5.65. The molecule has 24 heavy (non-hydrogen) atoms. The van der Waals surface area contributed by atoms with Gasteiger partial charge in [-0.25, -0.2) is 0 Å². The van der Waals surface area contributed by atoms with Gasteiger partial charge in [-0.3, -0.25) is 9.59 Å². The van der Waals surface area contributed by atoms with Crippen LogP contribution in [0.1, 0.15) is 13.3 Å². The minimum Gasteiger partial charge on any atom is -0.492 e. The number of anilines is 1. The Morgan fingerprint density at radius 3 is 2.50 bits per heavy atom. The number of nitrogens with one attached hydrogen (secondary N) is 1. The first-order valence-electron chi connectivity index (χ1n) is 8.55. The van der Waals surface area contributed by atoms with Crippen LogP contribution in [0.3, 0.4) is 0 Å². The van der Waals surface area contributed by atoms with Gasteiger partial charge >= 0.3 is 5.97 Å². The van der Waals surface area contributed by atoms with Gasteiger partial charge in [0.1, 0.15) is 5.75 Å². The summed E-state index contributed by atoms with van der Waals surface area (Å²) in [5.74, 6) is -0.609. The van der Waals surface area contributed by atoms with Crippen molar-refractivity contribution in [3.8, 4) is 5.75 Å². The zero-order chi connectivity index (χ0) is 16.8. The SMILES string of the molecule is CCOc1ccccc1NC(=O)[C@@H]1[C@H]2C=C[C@@H]([C@@H]3C[C@@H]23)[C@@H]1C(=O)O. The lowest BCUT2D eigenvalue weighted by Gasteiger charge is -2.41. The molecule has 5 heteroatoms. The van der Waals surface area contributed by atoms with Crippen molar-refractivity contribution in [1.82, 2.24) is 0 Å². The molecule has 126 valence electrons. The van der Waals surface area contributed by atoms with Crippen LogP contribution in [0.2, 0.25) is 0 Å². The first-order valence-corrected chi connectivity index (χ1v) is 8.55. The maximum absolute atomic E-state index is 12.9. The number of para-hydroxylation sites is 2. The number of carbonyl (C=O) groups excluding carboxylic acids is 1. The largest absolute Gasteiger partial charge is 0.492 e. The molecule has 0 saturated heterocycles. The van der Waals surface area contributed by atoms with E-state index in [1.165, 1.54) is 0 Å². The van der Waals surface area contributed by atoms with Gasteiger partial charge in [-0.05, 0) is 49.1 Å². The molecule has 4 aliphatic rings. The molecule has 2 N–H and O–H groups in total. The monoisotopic (exact) mass is 327 g/mol. The van der Waals surface area contributed by atoms with Crippen molar-refractivity contribution in [2.24, 2.45) is 35.5 Å². The number of carboxylic acids is 1. The highest BCUT2D eigenvalue weighted by Crippen LogP contribution is 2.63. The predicted octanol–water partition coefficient (Wildman–Crippen LogP) is 2.79. The molecule has 0 heterocycles. The van der Waals surface area contributed by atoms with Gasteiger partial charge in [-0.2, -0.15) is 0 Å². The van der Waals surface area contributed by atoms with Crippen molar-refractivity contribution in [2.45, 2.75) is 13.3 Å². The number of ether oxygens (including phenoxy) is 1. The molecule has 0 aromatic heterocycles. The van der Waals surface area contributed by atoms with E-state index in [1.54, 1.807) is 12.1 Å². The second-order valence-electron chi connectivity index (χ2n) is 6.91. The Morgan fingerprint density at radius 2 is 1.83 bits per heavy atom. The molecule has 2 fully saturated rings. The maximum Gasteiger partial charge on any atom is 0.307 e. The summed E-state index contributed by atoms with van der Waals surface area (Å²) >= 11 is 0. The Kier molecular flexibility index (Phi) is 3.59. The number of fused-ring (bicyclic) bond motifs is 1. The zero-order valence-corrected chi connectivity index (χ0v) is 13.5. The lowest BCUT2D eigenvalue weighted by atomic mass is 9.62. The maximum atomic E-state index is 12.9. The first kappa shape index (κ1) is 15.2. The molecular weight excluding hydrogens is 306 g/mol. The Labute approximate surface area is 140 Å². The number of aliphatic carboxylic acids is 1. The minimum absolute atomic E-state index is 0.00427. The molecule has 1 aromatic rings. The Balaban J connectivity index is 1.60. The summed E-state index contributed by atoms with van der Waals surface area (Å²) in [4.78, 5) is 24.7. The van der Waals surface area contributed by atoms with E-state index in [2.05, 4.69) is 11.4 Å². The van der Waals surface area contributed by atoms with Crippen LogP contribution in [-0.4, -0.2) is 23.6 Å². The summed E-state index contributed by atoms with van der Waals surface area (Å²) < 4.78 is 5.55. The van der Waals surface area contributed by atoms with E-state index in [9.17, 15) is 14.7 Å². The molecule has 2 saturated carbocycles. The Bertz CT molecular complexity index is 713. The quantitative estimate of drug-likeness (QED) is 0.816. The van der Waals surface area contributed by atoms with Crippen LogP contribution in [0.5, 0.6) is 5.75 Å². The van der Waals surface area contributed by atoms with Crippen LogP contribution in [-0.2, 0) is 9.59 Å². The molecule has 0 aliphatic heterocycles. The number of amides is 1. The highest BCUT2D eigenvalue weighted by molar-refractivity contribution is 5.97. The van der Waals surface area contributed by atoms with Gasteiger partial charge in [0, 0.05) is 0 Å². The van der Waals surface area contributed by atoms with E-state index in [4.69, 9.17) is 4.74 Å². The summed E-state index contributed by atoms with van der Waals surface area (Å²) in [6, 6.07) is 7.27. The molecule has 6 atom stereocenters. The molecule has 2 bridgehead atoms. The normalized spacial score (nSPS) is 35.2. The van der Waals surface area contributed by atoms with Crippen LogP contribution in [0.25, 0.3) is 0 Å². The van der Waals surface area contributed by atoms with E-state index in [-0.39, 0.29) is 17.7 Å². The fraction of sp³-hybridized carbons (Fsp3) is 0.474. The number of carboxylic acid groups (broad SMARTS) is 1. The van der Waals surface area contributed by atoms with Crippen molar-refractivity contribution >= 4 is 17.6 Å². The van der Waals surface area contributed by atoms with Crippen molar-refractivity contribution in [3.63, 3.8) is 0 Å². The van der Waals surface area contributed by atoms with Crippen LogP contribution >= 0.6 is 0 Å². The molecular formula is C19H21NO4. The third-order valence-electron chi connectivity index (χ3n) is 5.68. The Morgan fingerprint density at radius 1 is 1.17 bits per heavy atom. The number of benzene rings is 1. The van der Waals surface area contributed by atoms with Crippen molar-refractivity contribution in [3.05, 3.63) is 36.4 Å². The lowest BCUT2D eigenvalue weighted by molar-refractivity contribution is -0.152. The zero-order valence-electron chi connectivity index (χ0n) is 13.5. The molecule has 5 rings (SSSR count). The number of carbonyl (C=O) groups is 2. The number of allylic oxidation sites excluding steroid dienone is 2. The van der Waals surface area contributed by atoms with Crippen LogP contribution < -0.4 is 10.1 Å².